The third kappa shape index (κ3) is 5.57. The molecule has 0 spiro atoms. The summed E-state index contributed by atoms with van der Waals surface area (Å²) in [6.07, 6.45) is 0.433. The molecule has 11 heteroatoms. The third-order valence-corrected chi connectivity index (χ3v) is 9.41. The molecule has 4 rings (SSSR count). The van der Waals surface area contributed by atoms with Gasteiger partial charge in [0.05, 0.1) is 11.7 Å². The van der Waals surface area contributed by atoms with Crippen molar-refractivity contribution in [1.82, 2.24) is 14.5 Å². The van der Waals surface area contributed by atoms with Crippen LogP contribution >= 0.6 is 22.9 Å². The number of hydrogen-bond donors (Lipinski definition) is 1. The van der Waals surface area contributed by atoms with Crippen LogP contribution in [0.3, 0.4) is 0 Å². The van der Waals surface area contributed by atoms with Crippen LogP contribution in [0.5, 0.6) is 0 Å². The Labute approximate surface area is 219 Å². The van der Waals surface area contributed by atoms with Gasteiger partial charge >= 0.3 is 0 Å². The molecule has 0 bridgehead atoms. The van der Waals surface area contributed by atoms with Crippen LogP contribution in [0.4, 0.5) is 10.1 Å². The molecule has 7 nitrogen and oxygen atoms in total. The highest BCUT2D eigenvalue weighted by atomic mass is 35.5. The van der Waals surface area contributed by atoms with Gasteiger partial charge in [-0.2, -0.15) is 0 Å². The highest BCUT2D eigenvalue weighted by Crippen LogP contribution is 2.34. The summed E-state index contributed by atoms with van der Waals surface area (Å²) in [5.41, 5.74) is 0.957. The van der Waals surface area contributed by atoms with E-state index in [-0.39, 0.29) is 21.4 Å². The van der Waals surface area contributed by atoms with Crippen LogP contribution in [0, 0.1) is 5.82 Å². The number of sulfonamides is 1. The number of hydrogen-bond acceptors (Lipinski definition) is 6. The Kier molecular flexibility index (Phi) is 7.72. The lowest BCUT2D eigenvalue weighted by Crippen LogP contribution is -2.35. The van der Waals surface area contributed by atoms with Crippen molar-refractivity contribution >= 4 is 54.6 Å². The molecule has 2 aromatic carbocycles. The van der Waals surface area contributed by atoms with Crippen molar-refractivity contribution in [2.75, 3.05) is 45.7 Å². The van der Waals surface area contributed by atoms with Gasteiger partial charge in [-0.3, -0.25) is 4.79 Å². The minimum Gasteiger partial charge on any atom is -0.342 e. The van der Waals surface area contributed by atoms with Crippen molar-refractivity contribution in [3.05, 3.63) is 71.1 Å². The molecule has 1 unspecified atom stereocenters. The number of nitrogens with one attached hydrogen (secondary N) is 1. The monoisotopic (exact) mass is 550 g/mol. The van der Waals surface area contributed by atoms with Gasteiger partial charge in [-0.05, 0) is 62.3 Å². The molecule has 1 aliphatic heterocycles. The number of rotatable bonds is 8. The van der Waals surface area contributed by atoms with E-state index in [4.69, 9.17) is 11.6 Å². The predicted octanol–water partition coefficient (Wildman–Crippen LogP) is 4.40. The average Bonchev–Trinajstić information content (AvgIpc) is 3.40. The molecule has 1 N–H and O–H groups in total. The maximum absolute atomic E-state index is 15.1. The zero-order valence-corrected chi connectivity index (χ0v) is 22.7. The fraction of sp³-hybridized carbons (Fsp3) is 0.320. The van der Waals surface area contributed by atoms with Crippen LogP contribution in [0.2, 0.25) is 5.02 Å². The number of carbonyl (C=O) groups excluding carboxylic acids is 1. The van der Waals surface area contributed by atoms with E-state index in [1.807, 2.05) is 19.0 Å². The Morgan fingerprint density at radius 3 is 2.64 bits per heavy atom. The molecule has 192 valence electrons. The van der Waals surface area contributed by atoms with Gasteiger partial charge in [0.15, 0.2) is 0 Å². The Bertz CT molecular complexity index is 1420. The van der Waals surface area contributed by atoms with E-state index < -0.39 is 21.9 Å². The van der Waals surface area contributed by atoms with Crippen molar-refractivity contribution in [3.63, 3.8) is 0 Å². The first-order chi connectivity index (χ1) is 17.0. The summed E-state index contributed by atoms with van der Waals surface area (Å²) in [5, 5.41) is 1.33. The number of thiophene rings is 1. The summed E-state index contributed by atoms with van der Waals surface area (Å²) in [6, 6.07) is 10.6. The molecule has 0 aliphatic carbocycles. The molecular formula is C25H28ClFN4O3S2. The molecule has 0 radical (unpaired) electrons. The molecule has 3 aromatic rings. The first kappa shape index (κ1) is 26.6. The Balaban J connectivity index is 1.47. The normalized spacial score (nSPS) is 16.3. The molecule has 1 saturated heterocycles. The molecule has 2 heterocycles. The van der Waals surface area contributed by atoms with E-state index >= 15 is 4.39 Å². The van der Waals surface area contributed by atoms with Crippen molar-refractivity contribution in [1.29, 1.82) is 0 Å². The van der Waals surface area contributed by atoms with Gasteiger partial charge in [-0.1, -0.05) is 24.2 Å². The van der Waals surface area contributed by atoms with Gasteiger partial charge in [-0.15, -0.1) is 11.3 Å². The number of likely N-dealkylation sites (N-methyl/N-ethyl adjacent to an activating group) is 2. The highest BCUT2D eigenvalue weighted by Gasteiger charge is 2.33. The van der Waals surface area contributed by atoms with E-state index in [9.17, 15) is 13.2 Å². The number of anilines is 1. The second-order valence-electron chi connectivity index (χ2n) is 9.05. The Morgan fingerprint density at radius 2 is 1.94 bits per heavy atom. The Morgan fingerprint density at radius 1 is 1.19 bits per heavy atom. The van der Waals surface area contributed by atoms with Crippen LogP contribution < -0.4 is 9.62 Å². The summed E-state index contributed by atoms with van der Waals surface area (Å²) in [6.45, 7) is 5.64. The van der Waals surface area contributed by atoms with E-state index in [1.54, 1.807) is 53.2 Å². The number of fused-ring (bicyclic) bond motifs is 1. The van der Waals surface area contributed by atoms with E-state index in [2.05, 4.69) is 11.3 Å². The van der Waals surface area contributed by atoms with Gasteiger partial charge in [-0.25, -0.2) is 17.5 Å². The van der Waals surface area contributed by atoms with Gasteiger partial charge in [0.2, 0.25) is 0 Å². The van der Waals surface area contributed by atoms with Crippen molar-refractivity contribution in [3.8, 4) is 0 Å². The highest BCUT2D eigenvalue weighted by molar-refractivity contribution is 7.91. The SMILES string of the molecule is C=C1C(NS(=O)(=O)c2cc3ccc(Cl)cc3s2)CCN1c1ccc(C(=O)N(C)CCN(C)C)cc1F. The molecule has 36 heavy (non-hydrogen) atoms. The first-order valence-electron chi connectivity index (χ1n) is 11.3. The third-order valence-electron chi connectivity index (χ3n) is 6.13. The zero-order chi connectivity index (χ0) is 26.2. The van der Waals surface area contributed by atoms with Crippen LogP contribution in [0.1, 0.15) is 16.8 Å². The lowest BCUT2D eigenvalue weighted by molar-refractivity contribution is 0.0786. The minimum atomic E-state index is -3.82. The average molecular weight is 551 g/mol. The molecule has 1 aromatic heterocycles. The predicted molar refractivity (Wildman–Crippen MR) is 144 cm³/mol. The van der Waals surface area contributed by atoms with Crippen LogP contribution in [-0.2, 0) is 10.0 Å². The van der Waals surface area contributed by atoms with Crippen molar-refractivity contribution < 1.29 is 17.6 Å². The number of carbonyl (C=O) groups is 1. The van der Waals surface area contributed by atoms with E-state index in [1.165, 1.54) is 6.07 Å². The molecule has 1 amide bonds. The lowest BCUT2D eigenvalue weighted by atomic mass is 10.1. The van der Waals surface area contributed by atoms with Crippen LogP contribution in [-0.4, -0.2) is 70.9 Å². The zero-order valence-electron chi connectivity index (χ0n) is 20.3. The lowest BCUT2D eigenvalue weighted by Gasteiger charge is -2.23. The van der Waals surface area contributed by atoms with Gasteiger partial charge < -0.3 is 14.7 Å². The van der Waals surface area contributed by atoms with Crippen molar-refractivity contribution in [2.24, 2.45) is 0 Å². The fourth-order valence-corrected chi connectivity index (χ4v) is 7.00. The standard InChI is InChI=1S/C25H28ClFN4O3S2/c1-16-21(28-36(33,34)24-14-17-5-7-19(26)15-23(17)35-24)9-10-31(16)22-8-6-18(13-20(22)27)25(32)30(4)12-11-29(2)3/h5-8,13-15,21,28H,1,9-12H2,2-4H3. The molecular weight excluding hydrogens is 523 g/mol. The molecule has 1 aliphatic rings. The van der Waals surface area contributed by atoms with Crippen molar-refractivity contribution in [2.45, 2.75) is 16.7 Å². The maximum atomic E-state index is 15.1. The number of amides is 1. The fourth-order valence-electron chi connectivity index (χ4n) is 4.05. The molecule has 0 saturated carbocycles. The maximum Gasteiger partial charge on any atom is 0.253 e. The second kappa shape index (κ2) is 10.5. The number of benzene rings is 2. The quantitative estimate of drug-likeness (QED) is 0.450. The van der Waals surface area contributed by atoms with E-state index in [0.29, 0.717) is 36.8 Å². The Hall–Kier alpha value is -2.50. The topological polar surface area (TPSA) is 73.0 Å². The van der Waals surface area contributed by atoms with Crippen LogP contribution in [0.25, 0.3) is 10.1 Å². The largest absolute Gasteiger partial charge is 0.342 e. The summed E-state index contributed by atoms with van der Waals surface area (Å²) >= 11 is 7.16. The summed E-state index contributed by atoms with van der Waals surface area (Å²) in [4.78, 5) is 17.8. The molecule has 1 atom stereocenters. The van der Waals surface area contributed by atoms with Gasteiger partial charge in [0, 0.05) is 47.7 Å². The summed E-state index contributed by atoms with van der Waals surface area (Å²) in [5.74, 6) is -0.828. The summed E-state index contributed by atoms with van der Waals surface area (Å²) in [7, 11) is 1.70. The van der Waals surface area contributed by atoms with Crippen LogP contribution in [0.15, 0.2) is 58.9 Å². The summed E-state index contributed by atoms with van der Waals surface area (Å²) < 4.78 is 44.9. The van der Waals surface area contributed by atoms with Gasteiger partial charge in [0.1, 0.15) is 10.0 Å². The smallest absolute Gasteiger partial charge is 0.253 e. The second-order valence-corrected chi connectivity index (χ2v) is 12.5. The van der Waals surface area contributed by atoms with E-state index in [0.717, 1.165) is 21.4 Å². The number of nitrogens with zero attached hydrogens (tertiary/aromatic N) is 3. The first-order valence-corrected chi connectivity index (χ1v) is 14.0. The minimum absolute atomic E-state index is 0.179. The molecule has 1 fully saturated rings. The van der Waals surface area contributed by atoms with Gasteiger partial charge in [0.25, 0.3) is 15.9 Å². The number of halogens is 2.